The topological polar surface area (TPSA) is 9.23 Å². The van der Waals surface area contributed by atoms with Gasteiger partial charge in [-0.2, -0.15) is 74.6 Å². The van der Waals surface area contributed by atoms with Gasteiger partial charge in [0.2, 0.25) is 0 Å². The lowest BCUT2D eigenvalue weighted by Crippen LogP contribution is -2.74. The van der Waals surface area contributed by atoms with Crippen molar-refractivity contribution in [3.8, 4) is 0 Å². The lowest BCUT2D eigenvalue weighted by Gasteiger charge is -2.43. The molecule has 1 fully saturated rings. The van der Waals surface area contributed by atoms with Crippen LogP contribution in [0.2, 0.25) is 25.2 Å². The van der Waals surface area contributed by atoms with Gasteiger partial charge in [0.25, 0.3) is 0 Å². The Balaban J connectivity index is 3.31. The molecule has 0 aromatic carbocycles. The number of rotatable bonds is 10. The van der Waals surface area contributed by atoms with Crippen LogP contribution in [-0.2, 0) is 4.43 Å². The van der Waals surface area contributed by atoms with Gasteiger partial charge in [-0.15, -0.1) is 0 Å². The Hall–Kier alpha value is -0.796. The van der Waals surface area contributed by atoms with Crippen LogP contribution in [0.3, 0.4) is 0 Å². The fourth-order valence-corrected chi connectivity index (χ4v) is 13.3. The quantitative estimate of drug-likeness (QED) is 0.177. The maximum absolute atomic E-state index is 14.1. The first-order chi connectivity index (χ1) is 16.1. The van der Waals surface area contributed by atoms with Crippen LogP contribution in [0.4, 0.5) is 74.6 Å². The highest BCUT2D eigenvalue weighted by atomic mass is 29.2. The van der Waals surface area contributed by atoms with Crippen molar-refractivity contribution in [1.82, 2.24) is 0 Å². The summed E-state index contributed by atoms with van der Waals surface area (Å²) in [6, 6.07) is 0.297. The van der Waals surface area contributed by atoms with Crippen LogP contribution in [-0.4, -0.2) is 70.4 Å². The molecule has 0 aromatic rings. The van der Waals surface area contributed by atoms with Crippen LogP contribution >= 0.6 is 0 Å². The van der Waals surface area contributed by atoms with E-state index in [1.165, 1.54) is 6.55 Å². The molecule has 1 aliphatic rings. The van der Waals surface area contributed by atoms with Gasteiger partial charge in [0.05, 0.1) is 8.31 Å². The van der Waals surface area contributed by atoms with E-state index in [-0.39, 0.29) is 12.7 Å². The zero-order valence-corrected chi connectivity index (χ0v) is 21.0. The van der Waals surface area contributed by atoms with E-state index >= 15 is 0 Å². The van der Waals surface area contributed by atoms with Crippen molar-refractivity contribution < 1.29 is 79.1 Å². The van der Waals surface area contributed by atoms with Crippen molar-refractivity contribution in [1.29, 1.82) is 0 Å². The molecule has 222 valence electrons. The summed E-state index contributed by atoms with van der Waals surface area (Å²) in [4.78, 5) is 0. The first-order valence-electron chi connectivity index (χ1n) is 10.4. The lowest BCUT2D eigenvalue weighted by atomic mass is 9.88. The molecule has 0 amide bonds. The third kappa shape index (κ3) is 5.35. The molecular weight excluding hydrogens is 599 g/mol. The molecule has 0 saturated carbocycles. The minimum Gasteiger partial charge on any atom is -0.420 e. The third-order valence-corrected chi connectivity index (χ3v) is 20.5. The first-order valence-corrected chi connectivity index (χ1v) is 16.8. The summed E-state index contributed by atoms with van der Waals surface area (Å²) in [5.41, 5.74) is 0. The van der Waals surface area contributed by atoms with E-state index < -0.39 is 76.6 Å². The van der Waals surface area contributed by atoms with Crippen LogP contribution in [0.15, 0.2) is 0 Å². The molecule has 37 heavy (non-hydrogen) atoms. The molecule has 2 atom stereocenters. The average molecular weight is 620 g/mol. The Morgan fingerprint density at radius 1 is 0.622 bits per heavy atom. The van der Waals surface area contributed by atoms with E-state index in [2.05, 4.69) is 0 Å². The zero-order chi connectivity index (χ0) is 29.7. The van der Waals surface area contributed by atoms with Crippen molar-refractivity contribution in [3.63, 3.8) is 0 Å². The normalized spacial score (nSPS) is 24.2. The maximum Gasteiger partial charge on any atom is 0.460 e. The molecule has 0 bridgehead atoms. The maximum atomic E-state index is 14.1. The largest absolute Gasteiger partial charge is 0.460 e. The highest BCUT2D eigenvalue weighted by molar-refractivity contribution is 7.29. The van der Waals surface area contributed by atoms with Crippen molar-refractivity contribution >= 4 is 16.1 Å². The second kappa shape index (κ2) is 9.99. The molecule has 0 aliphatic carbocycles. The monoisotopic (exact) mass is 620 g/mol. The second-order valence-corrected chi connectivity index (χ2v) is 21.5. The molecule has 20 heteroatoms. The Kier molecular flexibility index (Phi) is 9.24. The van der Waals surface area contributed by atoms with E-state index in [1.54, 1.807) is 6.55 Å². The fourth-order valence-electron chi connectivity index (χ4n) is 3.64. The molecular formula is C17H21F17OSi2. The SMILES string of the molecule is C[SiH]1CCCCO[Si]1(C)CCCC(F)(F)C(F)(F)C(F)(F)C(F)(F)C(F)(F)C(F)(F)C(F)(F)C(F)(F)F. The number of halogens is 17. The molecule has 0 spiro atoms. The smallest absolute Gasteiger partial charge is 0.420 e. The van der Waals surface area contributed by atoms with Gasteiger partial charge in [-0.05, 0) is 25.4 Å². The number of hydrogen-bond acceptors (Lipinski definition) is 1. The Labute approximate surface area is 201 Å². The predicted octanol–water partition coefficient (Wildman–Crippen LogP) is 8.10. The van der Waals surface area contributed by atoms with E-state index in [1.807, 2.05) is 0 Å². The van der Waals surface area contributed by atoms with Crippen molar-refractivity contribution in [2.24, 2.45) is 0 Å². The summed E-state index contributed by atoms with van der Waals surface area (Å²) in [5, 5.41) is 0. The molecule has 1 nitrogen and oxygen atoms in total. The summed E-state index contributed by atoms with van der Waals surface area (Å²) in [6.07, 6.45) is -9.90. The van der Waals surface area contributed by atoms with Gasteiger partial charge in [0.1, 0.15) is 0 Å². The zero-order valence-electron chi connectivity index (χ0n) is 18.9. The van der Waals surface area contributed by atoms with Gasteiger partial charge in [-0.3, -0.25) is 0 Å². The van der Waals surface area contributed by atoms with Crippen LogP contribution in [0.1, 0.15) is 25.7 Å². The van der Waals surface area contributed by atoms with Gasteiger partial charge in [0, 0.05) is 13.0 Å². The molecule has 1 aliphatic heterocycles. The van der Waals surface area contributed by atoms with Crippen LogP contribution in [0.5, 0.6) is 0 Å². The third-order valence-electron chi connectivity index (χ3n) is 6.46. The Morgan fingerprint density at radius 2 is 1.03 bits per heavy atom. The van der Waals surface area contributed by atoms with Crippen molar-refractivity contribution in [3.05, 3.63) is 0 Å². The van der Waals surface area contributed by atoms with Crippen LogP contribution in [0, 0.1) is 0 Å². The van der Waals surface area contributed by atoms with Gasteiger partial charge in [0.15, 0.2) is 7.83 Å². The number of hydrogen-bond donors (Lipinski definition) is 0. The van der Waals surface area contributed by atoms with E-state index in [0.717, 1.165) is 0 Å². The molecule has 1 heterocycles. The standard InChI is InChI=1S/C17H21F17OSi2/c1-36-8-4-3-7-35-37(36,2)9-5-6-10(18,19)11(20,21)12(22,23)13(24,25)14(26,27)15(28,29)16(30,31)17(32,33)34/h36H,3-9H2,1-2H3. The van der Waals surface area contributed by atoms with E-state index in [4.69, 9.17) is 4.43 Å². The highest BCUT2D eigenvalue weighted by Crippen LogP contribution is 2.64. The Bertz CT molecular complexity index is 797. The van der Waals surface area contributed by atoms with Crippen LogP contribution < -0.4 is 0 Å². The molecule has 2 unspecified atom stereocenters. The van der Waals surface area contributed by atoms with E-state index in [0.29, 0.717) is 18.9 Å². The lowest BCUT2D eigenvalue weighted by molar-refractivity contribution is -0.461. The minimum absolute atomic E-state index is 0.183. The van der Waals surface area contributed by atoms with Crippen molar-refractivity contribution in [2.75, 3.05) is 6.61 Å². The predicted molar refractivity (Wildman–Crippen MR) is 99.3 cm³/mol. The molecule has 1 rings (SSSR count). The van der Waals surface area contributed by atoms with Gasteiger partial charge in [-0.25, -0.2) is 0 Å². The fraction of sp³-hybridized carbons (Fsp3) is 1.00. The summed E-state index contributed by atoms with van der Waals surface area (Å²) < 4.78 is 232. The first kappa shape index (κ1) is 34.2. The molecule has 0 radical (unpaired) electrons. The minimum atomic E-state index is -8.59. The average Bonchev–Trinajstić information content (AvgIpc) is 2.87. The summed E-state index contributed by atoms with van der Waals surface area (Å²) >= 11 is 0. The Morgan fingerprint density at radius 3 is 1.46 bits per heavy atom. The highest BCUT2D eigenvalue weighted by Gasteiger charge is 2.95. The summed E-state index contributed by atoms with van der Waals surface area (Å²) in [5.74, 6) is -55.8. The van der Waals surface area contributed by atoms with Crippen molar-refractivity contribution in [2.45, 2.75) is 98.5 Å². The number of alkyl halides is 17. The molecule has 0 aromatic heterocycles. The molecule has 1 saturated heterocycles. The van der Waals surface area contributed by atoms with Gasteiger partial charge < -0.3 is 4.43 Å². The second-order valence-electron chi connectivity index (χ2n) is 9.06. The summed E-state index contributed by atoms with van der Waals surface area (Å²) in [7, 11) is -4.57. The summed E-state index contributed by atoms with van der Waals surface area (Å²) in [6.45, 7) is 3.48. The van der Waals surface area contributed by atoms with Gasteiger partial charge >= 0.3 is 47.6 Å². The van der Waals surface area contributed by atoms with E-state index in [9.17, 15) is 74.6 Å². The van der Waals surface area contributed by atoms with Crippen LogP contribution in [0.25, 0.3) is 0 Å². The van der Waals surface area contributed by atoms with Gasteiger partial charge in [-0.1, -0.05) is 19.0 Å². The molecule has 0 N–H and O–H groups in total.